The number of hydrogen-bond donors (Lipinski definition) is 1. The van der Waals surface area contributed by atoms with Crippen LogP contribution >= 0.6 is 12.6 Å². The van der Waals surface area contributed by atoms with Gasteiger partial charge in [0.05, 0.1) is 16.7 Å². The summed E-state index contributed by atoms with van der Waals surface area (Å²) in [5.41, 5.74) is -2.74. The fraction of sp³-hybridized carbons (Fsp3) is 0.217. The van der Waals surface area contributed by atoms with Crippen molar-refractivity contribution in [3.8, 4) is 0 Å². The number of hydrogen-bond acceptors (Lipinski definition) is 1. The second-order valence-electron chi connectivity index (χ2n) is 7.60. The van der Waals surface area contributed by atoms with Crippen LogP contribution in [0.5, 0.6) is 0 Å². The van der Waals surface area contributed by atoms with Crippen LogP contribution in [-0.4, -0.2) is 13.8 Å². The Hall–Kier alpha value is -2.40. The van der Waals surface area contributed by atoms with Gasteiger partial charge in [-0.2, -0.15) is 52.1 Å². The zero-order valence-electron chi connectivity index (χ0n) is 17.2. The van der Waals surface area contributed by atoms with Crippen LogP contribution in [0.15, 0.2) is 72.8 Å². The summed E-state index contributed by atoms with van der Waals surface area (Å²) in [4.78, 5) is 0. The third-order valence-electron chi connectivity index (χ3n) is 5.60. The van der Waals surface area contributed by atoms with Crippen LogP contribution in [-0.2, 0) is 18.5 Å². The molecule has 0 aliphatic heterocycles. The molecule has 3 aromatic carbocycles. The van der Waals surface area contributed by atoms with Gasteiger partial charge in [-0.3, -0.25) is 0 Å². The molecule has 11 heteroatoms. The molecule has 34 heavy (non-hydrogen) atoms. The molecule has 0 amide bonds. The van der Waals surface area contributed by atoms with E-state index in [0.29, 0.717) is 15.6 Å². The number of thiol groups is 1. The van der Waals surface area contributed by atoms with Gasteiger partial charge in [0.2, 0.25) is 0 Å². The van der Waals surface area contributed by atoms with Crippen LogP contribution in [0.25, 0.3) is 0 Å². The minimum Gasteiger partial charge on any atom is -0.180 e. The van der Waals surface area contributed by atoms with E-state index in [0.717, 1.165) is 36.4 Å². The minimum absolute atomic E-state index is 0.204. The summed E-state index contributed by atoms with van der Waals surface area (Å²) in [6, 6.07) is 12.9. The molecule has 0 fully saturated rings. The summed E-state index contributed by atoms with van der Waals surface area (Å²) in [5, 5.41) is 1.23. The molecule has 0 unspecified atom stereocenters. The Morgan fingerprint density at radius 2 is 0.706 bits per heavy atom. The largest absolute Gasteiger partial charge is 0.416 e. The molecule has 0 atom stereocenters. The Balaban J connectivity index is 2.26. The molecule has 0 bridgehead atoms. The van der Waals surface area contributed by atoms with E-state index in [-0.39, 0.29) is 11.8 Å². The fourth-order valence-corrected chi connectivity index (χ4v) is 9.35. The molecule has 182 valence electrons. The van der Waals surface area contributed by atoms with Gasteiger partial charge in [0.25, 0.3) is 0 Å². The molecule has 0 N–H and O–H groups in total. The molecule has 0 aromatic heterocycles. The minimum atomic E-state index is -4.60. The number of rotatable bonds is 5. The highest BCUT2D eigenvalue weighted by atomic mass is 32.1. The summed E-state index contributed by atoms with van der Waals surface area (Å²) in [5.74, 6) is 0.204. The average molecular weight is 525 g/mol. The van der Waals surface area contributed by atoms with E-state index in [4.69, 9.17) is 0 Å². The molecular weight excluding hydrogens is 507 g/mol. The average Bonchev–Trinajstić information content (AvgIpc) is 2.76. The van der Waals surface area contributed by atoms with Gasteiger partial charge in [-0.15, -0.1) is 0 Å². The number of halogens is 9. The third kappa shape index (κ3) is 5.30. The van der Waals surface area contributed by atoms with Crippen molar-refractivity contribution in [2.45, 2.75) is 24.6 Å². The van der Waals surface area contributed by atoms with E-state index in [1.54, 1.807) is 0 Å². The van der Waals surface area contributed by atoms with Crippen molar-refractivity contribution in [1.82, 2.24) is 0 Å². The normalized spacial score (nSPS) is 13.2. The molecule has 3 aromatic rings. The van der Waals surface area contributed by atoms with E-state index in [9.17, 15) is 39.5 Å². The van der Waals surface area contributed by atoms with E-state index < -0.39 is 43.3 Å². The Bertz CT molecular complexity index is 959. The fourth-order valence-electron chi connectivity index (χ4n) is 3.93. The van der Waals surface area contributed by atoms with Crippen LogP contribution in [0.4, 0.5) is 39.5 Å². The van der Waals surface area contributed by atoms with E-state index in [2.05, 4.69) is 12.6 Å². The zero-order chi connectivity index (χ0) is 25.4. The van der Waals surface area contributed by atoms with Crippen LogP contribution < -0.4 is 15.6 Å². The zero-order valence-corrected chi connectivity index (χ0v) is 19.1. The number of alkyl halides is 9. The highest BCUT2D eigenvalue weighted by Gasteiger charge is 2.41. The van der Waals surface area contributed by atoms with Gasteiger partial charge < -0.3 is 0 Å². The van der Waals surface area contributed by atoms with Crippen molar-refractivity contribution in [2.75, 3.05) is 5.75 Å². The van der Waals surface area contributed by atoms with E-state index >= 15 is 0 Å². The molecular formula is C23H17F9SSi. The highest BCUT2D eigenvalue weighted by Crippen LogP contribution is 2.31. The Kier molecular flexibility index (Phi) is 7.19. The second-order valence-corrected chi connectivity index (χ2v) is 12.1. The molecule has 0 nitrogen and oxygen atoms in total. The van der Waals surface area contributed by atoms with Crippen molar-refractivity contribution in [2.24, 2.45) is 0 Å². The second kappa shape index (κ2) is 9.33. The van der Waals surface area contributed by atoms with Gasteiger partial charge in [0.15, 0.2) is 0 Å². The lowest BCUT2D eigenvalue weighted by molar-refractivity contribution is -0.138. The molecule has 0 spiro atoms. The maximum atomic E-state index is 13.1. The van der Waals surface area contributed by atoms with Gasteiger partial charge in [-0.25, -0.2) is 0 Å². The predicted molar refractivity (Wildman–Crippen MR) is 118 cm³/mol. The van der Waals surface area contributed by atoms with Gasteiger partial charge in [-0.1, -0.05) is 72.8 Å². The van der Waals surface area contributed by atoms with Crippen LogP contribution in [0.1, 0.15) is 16.7 Å². The first-order valence-electron chi connectivity index (χ1n) is 9.83. The SMILES string of the molecule is FC(F)(F)c1ccc([Si](CCS)(c2ccc(C(F)(F)F)cc2)c2ccc(C(F)(F)F)cc2)cc1. The maximum absolute atomic E-state index is 13.1. The highest BCUT2D eigenvalue weighted by molar-refractivity contribution is 7.80. The summed E-state index contributed by atoms with van der Waals surface area (Å²) in [6.45, 7) is 0. The third-order valence-corrected chi connectivity index (χ3v) is 11.2. The molecule has 0 heterocycles. The van der Waals surface area contributed by atoms with Crippen LogP contribution in [0, 0.1) is 0 Å². The summed E-state index contributed by atoms with van der Waals surface area (Å²) < 4.78 is 118. The van der Waals surface area contributed by atoms with Crippen molar-refractivity contribution in [1.29, 1.82) is 0 Å². The molecule has 0 aliphatic rings. The van der Waals surface area contributed by atoms with Gasteiger partial charge in [0, 0.05) is 0 Å². The van der Waals surface area contributed by atoms with Crippen molar-refractivity contribution in [3.05, 3.63) is 89.5 Å². The molecule has 0 aliphatic carbocycles. The lowest BCUT2D eigenvalue weighted by atomic mass is 10.2. The van der Waals surface area contributed by atoms with Crippen LogP contribution in [0.3, 0.4) is 0 Å². The lowest BCUT2D eigenvalue weighted by Gasteiger charge is -2.34. The monoisotopic (exact) mass is 524 g/mol. The summed E-state index contributed by atoms with van der Waals surface area (Å²) in [6.07, 6.45) is -13.8. The first-order valence-corrected chi connectivity index (χ1v) is 12.7. The van der Waals surface area contributed by atoms with Crippen LogP contribution in [0.2, 0.25) is 6.04 Å². The standard InChI is InChI=1S/C23H17F9SSi/c24-21(25,26)15-1-7-18(8-2-15)34(14-13-33,19-9-3-16(4-10-19)22(27,28)29)20-11-5-17(6-12-20)23(30,31)32/h1-12,33H,13-14H2. The Labute approximate surface area is 195 Å². The molecule has 0 saturated heterocycles. The van der Waals surface area contributed by atoms with Crippen molar-refractivity contribution in [3.63, 3.8) is 0 Å². The van der Waals surface area contributed by atoms with Crippen molar-refractivity contribution >= 4 is 36.3 Å². The lowest BCUT2D eigenvalue weighted by Crippen LogP contribution is -2.67. The van der Waals surface area contributed by atoms with E-state index in [1.165, 1.54) is 36.4 Å². The van der Waals surface area contributed by atoms with E-state index in [1.807, 2.05) is 0 Å². The maximum Gasteiger partial charge on any atom is 0.416 e. The predicted octanol–water partition coefficient (Wildman–Crippen LogP) is 6.14. The molecule has 0 radical (unpaired) electrons. The number of benzene rings is 3. The Morgan fingerprint density at radius 1 is 0.471 bits per heavy atom. The van der Waals surface area contributed by atoms with Gasteiger partial charge in [-0.05, 0) is 27.4 Å². The quantitative estimate of drug-likeness (QED) is 0.176. The van der Waals surface area contributed by atoms with Gasteiger partial charge >= 0.3 is 18.5 Å². The summed E-state index contributed by atoms with van der Waals surface area (Å²) >= 11 is 4.26. The Morgan fingerprint density at radius 3 is 0.882 bits per heavy atom. The smallest absolute Gasteiger partial charge is 0.180 e. The van der Waals surface area contributed by atoms with Gasteiger partial charge in [0.1, 0.15) is 8.07 Å². The molecule has 0 saturated carbocycles. The molecule has 3 rings (SSSR count). The first kappa shape index (κ1) is 26.2. The van der Waals surface area contributed by atoms with Crippen molar-refractivity contribution < 1.29 is 39.5 Å². The topological polar surface area (TPSA) is 0 Å². The summed E-state index contributed by atoms with van der Waals surface area (Å²) in [7, 11) is -3.35. The first-order chi connectivity index (χ1) is 15.7.